The van der Waals surface area contributed by atoms with Crippen molar-refractivity contribution in [2.75, 3.05) is 14.1 Å². The van der Waals surface area contributed by atoms with Gasteiger partial charge in [0.05, 0.1) is 0 Å². The van der Waals surface area contributed by atoms with Gasteiger partial charge in [0.2, 0.25) is 0 Å². The highest BCUT2D eigenvalue weighted by atomic mass is 16.4. The van der Waals surface area contributed by atoms with Gasteiger partial charge in [-0.15, -0.1) is 0 Å². The number of likely N-dealkylation sites (N-methyl/N-ethyl adjacent to an activating group) is 1. The molecule has 2 rings (SSSR count). The number of nitrogens with zero attached hydrogens (tertiary/aromatic N) is 1. The number of carbonyl (C=O) groups is 1. The Labute approximate surface area is 113 Å². The van der Waals surface area contributed by atoms with E-state index in [1.54, 1.807) is 25.9 Å². The van der Waals surface area contributed by atoms with Crippen LogP contribution in [-0.2, 0) is 4.79 Å². The van der Waals surface area contributed by atoms with Crippen LogP contribution in [0.15, 0.2) is 30.5 Å². The molecule has 2 N–H and O–H groups in total. The summed E-state index contributed by atoms with van der Waals surface area (Å²) in [6.45, 7) is 3.73. The fourth-order valence-electron chi connectivity index (χ4n) is 2.52. The predicted molar refractivity (Wildman–Crippen MR) is 76.4 cm³/mol. The summed E-state index contributed by atoms with van der Waals surface area (Å²) in [5.74, 6) is -0.938. The van der Waals surface area contributed by atoms with Crippen LogP contribution in [0.2, 0.25) is 0 Å². The van der Waals surface area contributed by atoms with Crippen molar-refractivity contribution in [1.29, 1.82) is 0 Å². The van der Waals surface area contributed by atoms with E-state index in [9.17, 15) is 9.90 Å². The standard InChI is InChI=1S/C15H20N2O2/c1-10(15(2,14(18)19)17(3)4)12-9-16-13-8-6-5-7-11(12)13/h5-10,16H,1-4H3,(H,18,19)/t10?,15-/m0/s1. The first-order valence-corrected chi connectivity index (χ1v) is 6.36. The summed E-state index contributed by atoms with van der Waals surface area (Å²) in [7, 11) is 3.61. The van der Waals surface area contributed by atoms with Crippen molar-refractivity contribution in [3.8, 4) is 0 Å². The van der Waals surface area contributed by atoms with Crippen molar-refractivity contribution >= 4 is 16.9 Å². The van der Waals surface area contributed by atoms with Crippen molar-refractivity contribution in [2.45, 2.75) is 25.3 Å². The zero-order chi connectivity index (χ0) is 14.2. The van der Waals surface area contributed by atoms with Crippen molar-refractivity contribution < 1.29 is 9.90 Å². The van der Waals surface area contributed by atoms with Crippen LogP contribution in [0, 0.1) is 0 Å². The first-order valence-electron chi connectivity index (χ1n) is 6.36. The SMILES string of the molecule is CC(c1c[nH]c2ccccc12)[C@@](C)(C(=O)O)N(C)C. The number of fused-ring (bicyclic) bond motifs is 1. The van der Waals surface area contributed by atoms with Gasteiger partial charge < -0.3 is 10.1 Å². The molecule has 0 bridgehead atoms. The molecule has 0 saturated heterocycles. The molecule has 102 valence electrons. The number of H-pyrrole nitrogens is 1. The number of aliphatic carboxylic acids is 1. The van der Waals surface area contributed by atoms with E-state index in [2.05, 4.69) is 4.98 Å². The molecule has 0 saturated carbocycles. The van der Waals surface area contributed by atoms with E-state index in [4.69, 9.17) is 0 Å². The third-order valence-corrected chi connectivity index (χ3v) is 4.29. The Morgan fingerprint density at radius 3 is 2.58 bits per heavy atom. The van der Waals surface area contributed by atoms with Gasteiger partial charge >= 0.3 is 5.97 Å². The molecule has 0 aliphatic rings. The van der Waals surface area contributed by atoms with Crippen LogP contribution < -0.4 is 0 Å². The molecular weight excluding hydrogens is 240 g/mol. The molecule has 0 aliphatic heterocycles. The molecule has 1 unspecified atom stereocenters. The summed E-state index contributed by atoms with van der Waals surface area (Å²) < 4.78 is 0. The lowest BCUT2D eigenvalue weighted by molar-refractivity contribution is -0.150. The molecule has 4 heteroatoms. The number of carboxylic acids is 1. The summed E-state index contributed by atoms with van der Waals surface area (Å²) in [4.78, 5) is 16.7. The number of aromatic amines is 1. The van der Waals surface area contributed by atoms with Crippen LogP contribution in [0.4, 0.5) is 0 Å². The normalized spacial score (nSPS) is 16.5. The third-order valence-electron chi connectivity index (χ3n) is 4.29. The Morgan fingerprint density at radius 2 is 2.00 bits per heavy atom. The fraction of sp³-hybridized carbons (Fsp3) is 0.400. The van der Waals surface area contributed by atoms with Crippen LogP contribution in [0.5, 0.6) is 0 Å². The second-order valence-electron chi connectivity index (χ2n) is 5.36. The molecule has 2 atom stereocenters. The van der Waals surface area contributed by atoms with E-state index in [0.717, 1.165) is 16.5 Å². The Kier molecular flexibility index (Phi) is 3.37. The van der Waals surface area contributed by atoms with Gasteiger partial charge in [-0.1, -0.05) is 25.1 Å². The smallest absolute Gasteiger partial charge is 0.324 e. The maximum absolute atomic E-state index is 11.7. The number of para-hydroxylation sites is 1. The number of hydrogen-bond donors (Lipinski definition) is 2. The maximum Gasteiger partial charge on any atom is 0.324 e. The summed E-state index contributed by atoms with van der Waals surface area (Å²) in [6, 6.07) is 7.96. The minimum atomic E-state index is -0.940. The molecule has 2 aromatic rings. The van der Waals surface area contributed by atoms with E-state index in [-0.39, 0.29) is 5.92 Å². The molecule has 0 fully saturated rings. The highest BCUT2D eigenvalue weighted by molar-refractivity contribution is 5.86. The summed E-state index contributed by atoms with van der Waals surface area (Å²) >= 11 is 0. The van der Waals surface area contributed by atoms with Gasteiger partial charge in [-0.25, -0.2) is 0 Å². The van der Waals surface area contributed by atoms with Crippen molar-refractivity contribution in [3.05, 3.63) is 36.0 Å². The summed E-state index contributed by atoms with van der Waals surface area (Å²) in [5.41, 5.74) is 1.13. The molecule has 1 heterocycles. The van der Waals surface area contributed by atoms with Crippen molar-refractivity contribution in [3.63, 3.8) is 0 Å². The number of aromatic nitrogens is 1. The first kappa shape index (κ1) is 13.6. The average Bonchev–Trinajstić information content (AvgIpc) is 2.80. The Balaban J connectivity index is 2.54. The number of rotatable bonds is 4. The van der Waals surface area contributed by atoms with Gasteiger partial charge in [0, 0.05) is 23.0 Å². The summed E-state index contributed by atoms with van der Waals surface area (Å²) in [5, 5.41) is 10.7. The van der Waals surface area contributed by atoms with E-state index < -0.39 is 11.5 Å². The monoisotopic (exact) mass is 260 g/mol. The molecule has 4 nitrogen and oxygen atoms in total. The predicted octanol–water partition coefficient (Wildman–Crippen LogP) is 2.68. The van der Waals surface area contributed by atoms with Gasteiger partial charge in [-0.05, 0) is 32.6 Å². The van der Waals surface area contributed by atoms with Crippen LogP contribution in [0.1, 0.15) is 25.3 Å². The second kappa shape index (κ2) is 4.70. The van der Waals surface area contributed by atoms with E-state index in [1.165, 1.54) is 0 Å². The highest BCUT2D eigenvalue weighted by Gasteiger charge is 2.42. The van der Waals surface area contributed by atoms with E-state index >= 15 is 0 Å². The molecule has 0 spiro atoms. The van der Waals surface area contributed by atoms with Gasteiger partial charge in [0.25, 0.3) is 0 Å². The molecule has 0 radical (unpaired) electrons. The molecule has 0 aliphatic carbocycles. The lowest BCUT2D eigenvalue weighted by Crippen LogP contribution is -2.52. The molecule has 1 aromatic heterocycles. The quantitative estimate of drug-likeness (QED) is 0.888. The van der Waals surface area contributed by atoms with Gasteiger partial charge in [0.15, 0.2) is 0 Å². The van der Waals surface area contributed by atoms with Crippen molar-refractivity contribution in [1.82, 2.24) is 9.88 Å². The molecule has 19 heavy (non-hydrogen) atoms. The lowest BCUT2D eigenvalue weighted by atomic mass is 9.81. The second-order valence-corrected chi connectivity index (χ2v) is 5.36. The first-order chi connectivity index (χ1) is 8.89. The fourth-order valence-corrected chi connectivity index (χ4v) is 2.52. The Bertz CT molecular complexity index is 603. The average molecular weight is 260 g/mol. The number of benzene rings is 1. The van der Waals surface area contributed by atoms with E-state index in [0.29, 0.717) is 0 Å². The Hall–Kier alpha value is -1.81. The largest absolute Gasteiger partial charge is 0.480 e. The minimum Gasteiger partial charge on any atom is -0.480 e. The molecule has 0 amide bonds. The maximum atomic E-state index is 11.7. The zero-order valence-corrected chi connectivity index (χ0v) is 11.8. The van der Waals surface area contributed by atoms with Gasteiger partial charge in [-0.2, -0.15) is 0 Å². The topological polar surface area (TPSA) is 56.3 Å². The van der Waals surface area contributed by atoms with Crippen LogP contribution >= 0.6 is 0 Å². The zero-order valence-electron chi connectivity index (χ0n) is 11.8. The van der Waals surface area contributed by atoms with Crippen LogP contribution in [0.3, 0.4) is 0 Å². The molecule has 1 aromatic carbocycles. The Morgan fingerprint density at radius 1 is 1.37 bits per heavy atom. The summed E-state index contributed by atoms with van der Waals surface area (Å²) in [6.07, 6.45) is 1.92. The van der Waals surface area contributed by atoms with Crippen LogP contribution in [0.25, 0.3) is 10.9 Å². The minimum absolute atomic E-state index is 0.129. The highest BCUT2D eigenvalue weighted by Crippen LogP contribution is 2.35. The number of carboxylic acid groups (broad SMARTS) is 1. The van der Waals surface area contributed by atoms with E-state index in [1.807, 2.05) is 37.4 Å². The molecular formula is C15H20N2O2. The van der Waals surface area contributed by atoms with Gasteiger partial charge in [0.1, 0.15) is 5.54 Å². The number of hydrogen-bond acceptors (Lipinski definition) is 2. The lowest BCUT2D eigenvalue weighted by Gasteiger charge is -2.37. The number of nitrogens with one attached hydrogen (secondary N) is 1. The van der Waals surface area contributed by atoms with Crippen LogP contribution in [-0.4, -0.2) is 40.6 Å². The third kappa shape index (κ3) is 2.02. The van der Waals surface area contributed by atoms with Crippen molar-refractivity contribution in [2.24, 2.45) is 0 Å². The van der Waals surface area contributed by atoms with Gasteiger partial charge in [-0.3, -0.25) is 9.69 Å².